The van der Waals surface area contributed by atoms with Crippen LogP contribution >= 0.6 is 0 Å². The second-order valence-corrected chi connectivity index (χ2v) is 10.6. The molecule has 6 rings (SSSR count). The summed E-state index contributed by atoms with van der Waals surface area (Å²) < 4.78 is 52.9. The molecule has 1 saturated heterocycles. The summed E-state index contributed by atoms with van der Waals surface area (Å²) >= 11 is 0. The van der Waals surface area contributed by atoms with E-state index in [-0.39, 0.29) is 35.7 Å². The maximum atomic E-state index is 13.7. The zero-order valence-corrected chi connectivity index (χ0v) is 22.5. The average Bonchev–Trinajstić information content (AvgIpc) is 3.73. The van der Waals surface area contributed by atoms with E-state index in [1.165, 1.54) is 19.2 Å². The number of benzene rings is 3. The third-order valence-electron chi connectivity index (χ3n) is 7.99. The number of carbonyl (C=O) groups excluding carboxylic acids is 2. The van der Waals surface area contributed by atoms with Gasteiger partial charge in [-0.05, 0) is 78.8 Å². The van der Waals surface area contributed by atoms with Gasteiger partial charge in [0.15, 0.2) is 11.5 Å². The van der Waals surface area contributed by atoms with E-state index in [1.54, 1.807) is 25.3 Å². The molecule has 214 valence electrons. The topological polar surface area (TPSA) is 92.3 Å². The van der Waals surface area contributed by atoms with Crippen LogP contribution in [0.5, 0.6) is 17.2 Å². The highest BCUT2D eigenvalue weighted by atomic mass is 19.3. The lowest BCUT2D eigenvalue weighted by atomic mass is 9.89. The Hall–Kier alpha value is -4.18. The lowest BCUT2D eigenvalue weighted by Crippen LogP contribution is -2.45. The summed E-state index contributed by atoms with van der Waals surface area (Å²) in [5, 5.41) is 3.23. The third kappa shape index (κ3) is 5.31. The van der Waals surface area contributed by atoms with Gasteiger partial charge in [0.25, 0.3) is 0 Å². The number of methoxy groups -OCH3 is 2. The van der Waals surface area contributed by atoms with E-state index >= 15 is 0 Å². The van der Waals surface area contributed by atoms with Crippen LogP contribution in [0.15, 0.2) is 66.7 Å². The largest absolute Gasteiger partial charge is 0.586 e. The fourth-order valence-corrected chi connectivity index (χ4v) is 5.58. The summed E-state index contributed by atoms with van der Waals surface area (Å²) in [6, 6.07) is 19.0. The first-order valence-electron chi connectivity index (χ1n) is 13.4. The van der Waals surface area contributed by atoms with Gasteiger partial charge in [0.1, 0.15) is 5.75 Å². The first-order valence-corrected chi connectivity index (χ1v) is 13.4. The second kappa shape index (κ2) is 10.3. The van der Waals surface area contributed by atoms with E-state index in [4.69, 9.17) is 14.2 Å². The predicted molar refractivity (Wildman–Crippen MR) is 142 cm³/mol. The summed E-state index contributed by atoms with van der Waals surface area (Å²) in [4.78, 5) is 25.6. The molecule has 3 atom stereocenters. The highest BCUT2D eigenvalue weighted by Crippen LogP contribution is 2.52. The molecule has 0 bridgehead atoms. The number of carbonyl (C=O) groups is 2. The second-order valence-electron chi connectivity index (χ2n) is 10.6. The lowest BCUT2D eigenvalue weighted by molar-refractivity contribution is -0.286. The minimum Gasteiger partial charge on any atom is -0.497 e. The summed E-state index contributed by atoms with van der Waals surface area (Å²) in [5.74, 6) is 0.00427. The van der Waals surface area contributed by atoms with Crippen molar-refractivity contribution < 1.29 is 42.1 Å². The fourth-order valence-electron chi connectivity index (χ4n) is 5.58. The molecule has 0 unspecified atom stereocenters. The van der Waals surface area contributed by atoms with Gasteiger partial charge in [-0.25, -0.2) is 4.79 Å². The molecule has 0 radical (unpaired) electrons. The Bertz CT molecular complexity index is 1450. The Balaban J connectivity index is 1.23. The van der Waals surface area contributed by atoms with Crippen LogP contribution in [0.4, 0.5) is 8.78 Å². The molecule has 41 heavy (non-hydrogen) atoms. The molecule has 1 N–H and O–H groups in total. The molecular formula is C31H29F2NO7. The van der Waals surface area contributed by atoms with Crippen LogP contribution in [0, 0.1) is 0 Å². The molecule has 1 amide bonds. The third-order valence-corrected chi connectivity index (χ3v) is 7.99. The quantitative estimate of drug-likeness (QED) is 0.372. The Kier molecular flexibility index (Phi) is 6.81. The van der Waals surface area contributed by atoms with Crippen LogP contribution in [-0.4, -0.2) is 38.4 Å². The van der Waals surface area contributed by atoms with Crippen molar-refractivity contribution in [3.63, 3.8) is 0 Å². The number of alkyl halides is 2. The van der Waals surface area contributed by atoms with Crippen LogP contribution in [0.25, 0.3) is 0 Å². The van der Waals surface area contributed by atoms with Crippen LogP contribution in [0.2, 0.25) is 0 Å². The minimum atomic E-state index is -3.72. The number of rotatable bonds is 7. The van der Waals surface area contributed by atoms with Gasteiger partial charge in [0.2, 0.25) is 5.91 Å². The van der Waals surface area contributed by atoms with Crippen LogP contribution < -0.4 is 19.5 Å². The van der Waals surface area contributed by atoms with Crippen molar-refractivity contribution >= 4 is 11.9 Å². The van der Waals surface area contributed by atoms with E-state index in [0.29, 0.717) is 36.8 Å². The van der Waals surface area contributed by atoms with Gasteiger partial charge < -0.3 is 29.0 Å². The standard InChI is InChI=1S/C31H29F2NO7/c1-37-23-10-7-19(8-11-23)26-17-22(16-25(39-26)18-3-5-20(6-4-18)28(35)38-2)34-29(36)30(13-14-30)21-9-12-24-27(15-21)41-31(32,33)40-24/h3-12,15,22,25-26H,13-14,16-17H2,1-2H3,(H,34,36)/t22-,25-,26+/m1/s1. The Morgan fingerprint density at radius 1 is 0.854 bits per heavy atom. The molecule has 10 heteroatoms. The lowest BCUT2D eigenvalue weighted by Gasteiger charge is -2.37. The molecule has 2 aliphatic heterocycles. The van der Waals surface area contributed by atoms with Crippen molar-refractivity contribution in [2.45, 2.75) is 55.6 Å². The van der Waals surface area contributed by atoms with Crippen molar-refractivity contribution in [2.75, 3.05) is 14.2 Å². The molecule has 0 aromatic heterocycles. The number of amides is 1. The molecule has 1 aliphatic carbocycles. The van der Waals surface area contributed by atoms with Gasteiger partial charge in [0, 0.05) is 6.04 Å². The van der Waals surface area contributed by atoms with E-state index in [0.717, 1.165) is 16.9 Å². The highest BCUT2D eigenvalue weighted by Gasteiger charge is 2.53. The molecule has 2 fully saturated rings. The number of fused-ring (bicyclic) bond motifs is 1. The van der Waals surface area contributed by atoms with Crippen molar-refractivity contribution in [2.24, 2.45) is 0 Å². The smallest absolute Gasteiger partial charge is 0.497 e. The van der Waals surface area contributed by atoms with Gasteiger partial charge in [0.05, 0.1) is 37.4 Å². The van der Waals surface area contributed by atoms with Gasteiger partial charge in [-0.1, -0.05) is 30.3 Å². The first kappa shape index (κ1) is 27.0. The SMILES string of the molecule is COC(=O)c1ccc([C@H]2C[C@@H](NC(=O)C3(c4ccc5c(c4)OC(F)(F)O5)CC3)C[C@@H](c3ccc(OC)cc3)O2)cc1. The number of esters is 1. The monoisotopic (exact) mass is 565 g/mol. The van der Waals surface area contributed by atoms with Crippen LogP contribution in [0.3, 0.4) is 0 Å². The number of hydrogen-bond acceptors (Lipinski definition) is 7. The molecular weight excluding hydrogens is 536 g/mol. The average molecular weight is 566 g/mol. The van der Waals surface area contributed by atoms with Crippen molar-refractivity contribution in [1.82, 2.24) is 5.32 Å². The van der Waals surface area contributed by atoms with Crippen molar-refractivity contribution in [1.29, 1.82) is 0 Å². The van der Waals surface area contributed by atoms with E-state index in [2.05, 4.69) is 14.8 Å². The maximum absolute atomic E-state index is 13.7. The number of hydrogen-bond donors (Lipinski definition) is 1. The van der Waals surface area contributed by atoms with E-state index < -0.39 is 17.7 Å². The summed E-state index contributed by atoms with van der Waals surface area (Å²) in [7, 11) is 2.93. The van der Waals surface area contributed by atoms with E-state index in [9.17, 15) is 18.4 Å². The van der Waals surface area contributed by atoms with Gasteiger partial charge >= 0.3 is 12.3 Å². The summed E-state index contributed by atoms with van der Waals surface area (Å²) in [6.07, 6.45) is -2.14. The Morgan fingerprint density at radius 2 is 1.46 bits per heavy atom. The first-order chi connectivity index (χ1) is 19.7. The number of halogens is 2. The molecule has 3 aromatic carbocycles. The molecule has 3 aromatic rings. The summed E-state index contributed by atoms with van der Waals surface area (Å²) in [6.45, 7) is 0. The van der Waals surface area contributed by atoms with Gasteiger partial charge in [-0.15, -0.1) is 8.78 Å². The maximum Gasteiger partial charge on any atom is 0.586 e. The van der Waals surface area contributed by atoms with Crippen LogP contribution in [0.1, 0.15) is 64.9 Å². The van der Waals surface area contributed by atoms with E-state index in [1.807, 2.05) is 36.4 Å². The molecule has 3 aliphatic rings. The zero-order valence-electron chi connectivity index (χ0n) is 22.5. The molecule has 2 heterocycles. The highest BCUT2D eigenvalue weighted by molar-refractivity contribution is 5.92. The van der Waals surface area contributed by atoms with Crippen molar-refractivity contribution in [3.05, 3.63) is 89.0 Å². The molecule has 0 spiro atoms. The van der Waals surface area contributed by atoms with Gasteiger partial charge in [-0.2, -0.15) is 0 Å². The zero-order chi connectivity index (χ0) is 28.8. The van der Waals surface area contributed by atoms with Crippen molar-refractivity contribution in [3.8, 4) is 17.2 Å². The van der Waals surface area contributed by atoms with Gasteiger partial charge in [-0.3, -0.25) is 4.79 Å². The summed E-state index contributed by atoms with van der Waals surface area (Å²) in [5.41, 5.74) is 2.04. The van der Waals surface area contributed by atoms with Crippen LogP contribution in [-0.2, 0) is 19.7 Å². The Morgan fingerprint density at radius 3 is 2.05 bits per heavy atom. The minimum absolute atomic E-state index is 0.0530. The fraction of sp³-hybridized carbons (Fsp3) is 0.355. The number of nitrogens with one attached hydrogen (secondary N) is 1. The molecule has 8 nitrogen and oxygen atoms in total. The number of ether oxygens (including phenoxy) is 5. The molecule has 1 saturated carbocycles. The normalized spacial score (nSPS) is 23.4. The predicted octanol–water partition coefficient (Wildman–Crippen LogP) is 5.61. The Labute approximate surface area is 235 Å².